The fraction of sp³-hybridized carbons (Fsp3) is 0.250. The van der Waals surface area contributed by atoms with E-state index in [9.17, 15) is 10.2 Å². The van der Waals surface area contributed by atoms with Crippen LogP contribution >= 0.6 is 0 Å². The number of aromatic hydroxyl groups is 2. The molecule has 100 valence electrons. The molecule has 0 saturated carbocycles. The Labute approximate surface area is 113 Å². The monoisotopic (exact) mass is 257 g/mol. The van der Waals surface area contributed by atoms with Gasteiger partial charge in [0.2, 0.25) is 0 Å². The number of hydrogen-bond donors (Lipinski definition) is 3. The topological polar surface area (TPSA) is 52.5 Å². The molecule has 1 unspecified atom stereocenters. The molecule has 3 heteroatoms. The maximum absolute atomic E-state index is 9.51. The van der Waals surface area contributed by atoms with E-state index in [1.807, 2.05) is 13.0 Å². The van der Waals surface area contributed by atoms with Crippen molar-refractivity contribution in [2.45, 2.75) is 26.8 Å². The van der Waals surface area contributed by atoms with Gasteiger partial charge in [-0.15, -0.1) is 0 Å². The van der Waals surface area contributed by atoms with E-state index < -0.39 is 0 Å². The van der Waals surface area contributed by atoms with Crippen molar-refractivity contribution in [2.24, 2.45) is 0 Å². The highest BCUT2D eigenvalue weighted by Crippen LogP contribution is 2.28. The van der Waals surface area contributed by atoms with Crippen LogP contribution in [0.4, 0.5) is 5.69 Å². The second-order valence-electron chi connectivity index (χ2n) is 4.97. The number of rotatable bonds is 3. The Kier molecular flexibility index (Phi) is 3.65. The zero-order valence-electron chi connectivity index (χ0n) is 11.4. The molecule has 2 aromatic carbocycles. The van der Waals surface area contributed by atoms with Crippen molar-refractivity contribution in [3.63, 3.8) is 0 Å². The molecule has 0 heterocycles. The summed E-state index contributed by atoms with van der Waals surface area (Å²) in [6, 6.07) is 10.9. The van der Waals surface area contributed by atoms with Crippen LogP contribution in [0.2, 0.25) is 0 Å². The van der Waals surface area contributed by atoms with Gasteiger partial charge in [-0.3, -0.25) is 0 Å². The van der Waals surface area contributed by atoms with Crippen molar-refractivity contribution in [1.82, 2.24) is 0 Å². The summed E-state index contributed by atoms with van der Waals surface area (Å²) >= 11 is 0. The van der Waals surface area contributed by atoms with E-state index >= 15 is 0 Å². The first-order valence-corrected chi connectivity index (χ1v) is 6.32. The van der Waals surface area contributed by atoms with E-state index in [-0.39, 0.29) is 17.5 Å². The second-order valence-corrected chi connectivity index (χ2v) is 4.97. The molecule has 0 aromatic heterocycles. The first-order valence-electron chi connectivity index (χ1n) is 6.32. The van der Waals surface area contributed by atoms with Crippen molar-refractivity contribution in [2.75, 3.05) is 5.32 Å². The molecule has 0 aliphatic carbocycles. The van der Waals surface area contributed by atoms with Gasteiger partial charge in [0.1, 0.15) is 11.5 Å². The highest BCUT2D eigenvalue weighted by atomic mass is 16.3. The highest BCUT2D eigenvalue weighted by Gasteiger charge is 2.09. The van der Waals surface area contributed by atoms with Crippen LogP contribution in [0, 0.1) is 13.8 Å². The normalized spacial score (nSPS) is 12.2. The number of nitrogens with one attached hydrogen (secondary N) is 1. The summed E-state index contributed by atoms with van der Waals surface area (Å²) in [5.74, 6) is 0.147. The number of aryl methyl sites for hydroxylation is 2. The predicted molar refractivity (Wildman–Crippen MR) is 77.7 cm³/mol. The molecule has 2 aromatic rings. The molecule has 0 spiro atoms. The van der Waals surface area contributed by atoms with Crippen LogP contribution in [0.1, 0.15) is 29.7 Å². The van der Waals surface area contributed by atoms with Crippen LogP contribution in [0.15, 0.2) is 36.4 Å². The molecule has 0 saturated heterocycles. The van der Waals surface area contributed by atoms with Gasteiger partial charge in [-0.05, 0) is 50.1 Å². The van der Waals surface area contributed by atoms with E-state index in [2.05, 4.69) is 31.3 Å². The smallest absolute Gasteiger partial charge is 0.119 e. The Bertz CT molecular complexity index is 573. The third-order valence-electron chi connectivity index (χ3n) is 3.18. The lowest BCUT2D eigenvalue weighted by atomic mass is 10.1. The van der Waals surface area contributed by atoms with Gasteiger partial charge in [-0.1, -0.05) is 17.7 Å². The molecule has 0 fully saturated rings. The van der Waals surface area contributed by atoms with Crippen LogP contribution in [-0.4, -0.2) is 10.2 Å². The van der Waals surface area contributed by atoms with Crippen LogP contribution in [0.5, 0.6) is 11.5 Å². The van der Waals surface area contributed by atoms with Gasteiger partial charge in [0, 0.05) is 17.8 Å². The second kappa shape index (κ2) is 5.22. The number of benzene rings is 2. The molecule has 3 N–H and O–H groups in total. The summed E-state index contributed by atoms with van der Waals surface area (Å²) in [7, 11) is 0. The molecule has 0 radical (unpaired) electrons. The molecular weight excluding hydrogens is 238 g/mol. The van der Waals surface area contributed by atoms with Gasteiger partial charge in [-0.25, -0.2) is 0 Å². The third-order valence-corrected chi connectivity index (χ3v) is 3.18. The lowest BCUT2D eigenvalue weighted by Crippen LogP contribution is -2.07. The minimum Gasteiger partial charge on any atom is -0.508 e. The average molecular weight is 257 g/mol. The molecule has 0 bridgehead atoms. The van der Waals surface area contributed by atoms with Gasteiger partial charge in [-0.2, -0.15) is 0 Å². The maximum Gasteiger partial charge on any atom is 0.119 e. The van der Waals surface area contributed by atoms with Crippen molar-refractivity contribution >= 4 is 5.69 Å². The van der Waals surface area contributed by atoms with Gasteiger partial charge in [0.05, 0.1) is 0 Å². The van der Waals surface area contributed by atoms with Gasteiger partial charge in [0.15, 0.2) is 0 Å². The SMILES string of the molecule is Cc1ccc(NC(C)c2cc(O)cc(O)c2)c(C)c1. The number of anilines is 1. The molecule has 1 atom stereocenters. The third kappa shape index (κ3) is 3.19. The fourth-order valence-corrected chi connectivity index (χ4v) is 2.16. The van der Waals surface area contributed by atoms with Crippen LogP contribution < -0.4 is 5.32 Å². The fourth-order valence-electron chi connectivity index (χ4n) is 2.16. The minimum absolute atomic E-state index is 0.000550. The maximum atomic E-state index is 9.51. The van der Waals surface area contributed by atoms with E-state index in [1.165, 1.54) is 17.2 Å². The standard InChI is InChI=1S/C16H19NO2/c1-10-4-5-16(11(2)6-10)17-12(3)13-7-14(18)9-15(19)8-13/h4-9,12,17-19H,1-3H3. The molecule has 19 heavy (non-hydrogen) atoms. The number of hydrogen-bond acceptors (Lipinski definition) is 3. The first kappa shape index (κ1) is 13.3. The molecule has 0 aliphatic rings. The Morgan fingerprint density at radius 2 is 1.58 bits per heavy atom. The van der Waals surface area contributed by atoms with Gasteiger partial charge < -0.3 is 15.5 Å². The predicted octanol–water partition coefficient (Wildman–Crippen LogP) is 3.89. The molecule has 3 nitrogen and oxygen atoms in total. The van der Waals surface area contributed by atoms with Crippen LogP contribution in [0.25, 0.3) is 0 Å². The highest BCUT2D eigenvalue weighted by molar-refractivity contribution is 5.54. The molecule has 0 amide bonds. The van der Waals surface area contributed by atoms with Gasteiger partial charge in [0.25, 0.3) is 0 Å². The van der Waals surface area contributed by atoms with Crippen molar-refractivity contribution in [3.8, 4) is 11.5 Å². The summed E-state index contributed by atoms with van der Waals surface area (Å²) < 4.78 is 0. The van der Waals surface area contributed by atoms with Crippen molar-refractivity contribution in [1.29, 1.82) is 0 Å². The van der Waals surface area contributed by atoms with Crippen molar-refractivity contribution in [3.05, 3.63) is 53.1 Å². The number of phenols is 2. The molecule has 2 rings (SSSR count). The summed E-state index contributed by atoms with van der Waals surface area (Å²) in [5.41, 5.74) is 4.31. The first-order chi connectivity index (χ1) is 8.95. The van der Waals surface area contributed by atoms with Crippen LogP contribution in [-0.2, 0) is 0 Å². The van der Waals surface area contributed by atoms with E-state index in [0.29, 0.717) is 0 Å². The average Bonchev–Trinajstić information content (AvgIpc) is 2.31. The zero-order valence-corrected chi connectivity index (χ0v) is 11.4. The zero-order chi connectivity index (χ0) is 14.0. The lowest BCUT2D eigenvalue weighted by molar-refractivity contribution is 0.448. The molecule has 0 aliphatic heterocycles. The quantitative estimate of drug-likeness (QED) is 0.782. The molecular formula is C16H19NO2. The Balaban J connectivity index is 2.22. The summed E-state index contributed by atoms with van der Waals surface area (Å²) in [6.45, 7) is 6.11. The number of phenolic OH excluding ortho intramolecular Hbond substituents is 2. The Morgan fingerprint density at radius 1 is 0.947 bits per heavy atom. The van der Waals surface area contributed by atoms with Gasteiger partial charge >= 0.3 is 0 Å². The lowest BCUT2D eigenvalue weighted by Gasteiger charge is -2.18. The van der Waals surface area contributed by atoms with E-state index in [4.69, 9.17) is 0 Å². The Hall–Kier alpha value is -2.16. The minimum atomic E-state index is -0.000550. The summed E-state index contributed by atoms with van der Waals surface area (Å²) in [5, 5.41) is 22.4. The summed E-state index contributed by atoms with van der Waals surface area (Å²) in [4.78, 5) is 0. The van der Waals surface area contributed by atoms with Crippen LogP contribution in [0.3, 0.4) is 0 Å². The van der Waals surface area contributed by atoms with E-state index in [1.54, 1.807) is 12.1 Å². The largest absolute Gasteiger partial charge is 0.508 e. The van der Waals surface area contributed by atoms with Crippen molar-refractivity contribution < 1.29 is 10.2 Å². The summed E-state index contributed by atoms with van der Waals surface area (Å²) in [6.07, 6.45) is 0. The Morgan fingerprint density at radius 3 is 2.16 bits per heavy atom. The van der Waals surface area contributed by atoms with E-state index in [0.717, 1.165) is 11.3 Å².